The van der Waals surface area contributed by atoms with Gasteiger partial charge in [-0.15, -0.1) is 0 Å². The molecule has 1 heterocycles. The normalized spacial score (nSPS) is 15.3. The third kappa shape index (κ3) is 4.51. The number of rotatable bonds is 4. The summed E-state index contributed by atoms with van der Waals surface area (Å²) in [5.74, 6) is -0.362. The quantitative estimate of drug-likeness (QED) is 0.686. The number of carbonyl (C=O) groups excluding carboxylic acids is 2. The fraction of sp³-hybridized carbons (Fsp3) is 0.0500. The van der Waals surface area contributed by atoms with Crippen molar-refractivity contribution >= 4 is 35.6 Å². The van der Waals surface area contributed by atoms with Crippen LogP contribution in [0.25, 0.3) is 12.2 Å². The summed E-state index contributed by atoms with van der Waals surface area (Å²) < 4.78 is 5.14. The zero-order valence-electron chi connectivity index (χ0n) is 13.6. The van der Waals surface area contributed by atoms with Crippen molar-refractivity contribution in [3.63, 3.8) is 0 Å². The highest BCUT2D eigenvalue weighted by atomic mass is 16.6. The molecule has 1 aliphatic heterocycles. The summed E-state index contributed by atoms with van der Waals surface area (Å²) in [4.78, 5) is 27.1. The molecule has 5 nitrogen and oxygen atoms in total. The van der Waals surface area contributed by atoms with Gasteiger partial charge in [-0.3, -0.25) is 4.79 Å². The van der Waals surface area contributed by atoms with Crippen LogP contribution in [0.3, 0.4) is 0 Å². The van der Waals surface area contributed by atoms with Gasteiger partial charge in [-0.05, 0) is 35.4 Å². The lowest BCUT2D eigenvalue weighted by Crippen LogP contribution is -2.05. The number of hydrogen-bond donors (Lipinski definition) is 1. The van der Waals surface area contributed by atoms with Gasteiger partial charge in [0.05, 0.1) is 0 Å². The summed E-state index contributed by atoms with van der Waals surface area (Å²) in [5, 5.41) is 2.69. The summed E-state index contributed by atoms with van der Waals surface area (Å²) in [7, 11) is 0. The average molecular weight is 332 g/mol. The Labute approximate surface area is 145 Å². The molecular weight excluding hydrogens is 316 g/mol. The summed E-state index contributed by atoms with van der Waals surface area (Å²) in [6.07, 6.45) is 5.13. The highest BCUT2D eigenvalue weighted by Gasteiger charge is 2.20. The molecule has 1 amide bonds. The van der Waals surface area contributed by atoms with E-state index in [9.17, 15) is 9.59 Å². The number of hydrogen-bond acceptors (Lipinski definition) is 4. The monoisotopic (exact) mass is 332 g/mol. The Morgan fingerprint density at radius 2 is 1.72 bits per heavy atom. The molecule has 0 fully saturated rings. The number of cyclic esters (lactones) is 1. The number of benzene rings is 2. The van der Waals surface area contributed by atoms with E-state index in [-0.39, 0.29) is 17.5 Å². The average Bonchev–Trinajstić information content (AvgIpc) is 2.95. The number of carbonyl (C=O) groups is 2. The van der Waals surface area contributed by atoms with Crippen LogP contribution in [0.15, 0.2) is 71.4 Å². The molecule has 25 heavy (non-hydrogen) atoms. The first kappa shape index (κ1) is 16.4. The molecule has 0 saturated heterocycles. The first-order valence-electron chi connectivity index (χ1n) is 7.73. The molecule has 0 aromatic heterocycles. The first-order chi connectivity index (χ1) is 12.1. The number of aliphatic imine (C=N–C) groups is 1. The van der Waals surface area contributed by atoms with Crippen molar-refractivity contribution in [1.29, 1.82) is 0 Å². The standard InChI is InChI=1S/C20H16N2O3/c1-14(23)21-17-10-7-16(8-11-17)13-18-20(24)25-19(22-18)12-9-15-5-3-2-4-6-15/h2-13H,1H3,(H,21,23)/b12-9+,18-13+. The molecule has 5 heteroatoms. The Hall–Kier alpha value is -3.47. The van der Waals surface area contributed by atoms with Crippen LogP contribution >= 0.6 is 0 Å². The van der Waals surface area contributed by atoms with Crippen LogP contribution in [-0.4, -0.2) is 17.8 Å². The van der Waals surface area contributed by atoms with Crippen LogP contribution in [0.5, 0.6) is 0 Å². The Bertz CT molecular complexity index is 879. The number of nitrogens with zero attached hydrogens (tertiary/aromatic N) is 1. The molecule has 1 N–H and O–H groups in total. The van der Waals surface area contributed by atoms with Gasteiger partial charge < -0.3 is 10.1 Å². The number of ether oxygens (including phenoxy) is 1. The van der Waals surface area contributed by atoms with Crippen molar-refractivity contribution in [2.75, 3.05) is 5.32 Å². The maximum Gasteiger partial charge on any atom is 0.363 e. The van der Waals surface area contributed by atoms with Crippen LogP contribution < -0.4 is 5.32 Å². The lowest BCUT2D eigenvalue weighted by atomic mass is 10.2. The maximum absolute atomic E-state index is 11.9. The number of nitrogens with one attached hydrogen (secondary N) is 1. The summed E-state index contributed by atoms with van der Waals surface area (Å²) in [6, 6.07) is 16.8. The molecular formula is C20H16N2O3. The van der Waals surface area contributed by atoms with Gasteiger partial charge in [-0.2, -0.15) is 0 Å². The predicted molar refractivity (Wildman–Crippen MR) is 97.7 cm³/mol. The van der Waals surface area contributed by atoms with Gasteiger partial charge in [0.25, 0.3) is 0 Å². The molecule has 3 rings (SSSR count). The minimum absolute atomic E-state index is 0.134. The van der Waals surface area contributed by atoms with Crippen LogP contribution in [-0.2, 0) is 14.3 Å². The van der Waals surface area contributed by atoms with Crippen molar-refractivity contribution in [2.45, 2.75) is 6.92 Å². The molecule has 124 valence electrons. The zero-order chi connectivity index (χ0) is 17.6. The van der Waals surface area contributed by atoms with E-state index in [0.29, 0.717) is 5.69 Å². The van der Waals surface area contributed by atoms with E-state index in [0.717, 1.165) is 11.1 Å². The predicted octanol–water partition coefficient (Wildman–Crippen LogP) is 3.65. The number of anilines is 1. The summed E-state index contributed by atoms with van der Waals surface area (Å²) in [5.41, 5.74) is 2.71. The van der Waals surface area contributed by atoms with Gasteiger partial charge in [-0.1, -0.05) is 42.5 Å². The lowest BCUT2D eigenvalue weighted by Gasteiger charge is -2.01. The van der Waals surface area contributed by atoms with Gasteiger partial charge in [0, 0.05) is 18.7 Å². The highest BCUT2D eigenvalue weighted by Crippen LogP contribution is 2.18. The second kappa shape index (κ2) is 7.40. The molecule has 2 aromatic rings. The zero-order valence-corrected chi connectivity index (χ0v) is 13.6. The maximum atomic E-state index is 11.9. The molecule has 0 saturated carbocycles. The first-order valence-corrected chi connectivity index (χ1v) is 7.73. The van der Waals surface area contributed by atoms with Gasteiger partial charge in [0.1, 0.15) is 0 Å². The number of esters is 1. The molecule has 0 atom stereocenters. The molecule has 0 bridgehead atoms. The van der Waals surface area contributed by atoms with Gasteiger partial charge in [0.2, 0.25) is 11.8 Å². The van der Waals surface area contributed by atoms with E-state index in [1.807, 2.05) is 36.4 Å². The van der Waals surface area contributed by atoms with Crippen molar-refractivity contribution in [3.8, 4) is 0 Å². The number of amides is 1. The van der Waals surface area contributed by atoms with Gasteiger partial charge in [0.15, 0.2) is 5.70 Å². The largest absolute Gasteiger partial charge is 0.403 e. The molecule has 0 unspecified atom stereocenters. The van der Waals surface area contributed by atoms with Crippen molar-refractivity contribution in [3.05, 3.63) is 77.5 Å². The van der Waals surface area contributed by atoms with E-state index < -0.39 is 5.97 Å². The molecule has 2 aromatic carbocycles. The van der Waals surface area contributed by atoms with Crippen LogP contribution in [0.2, 0.25) is 0 Å². The van der Waals surface area contributed by atoms with E-state index in [1.54, 1.807) is 36.4 Å². The van der Waals surface area contributed by atoms with Crippen LogP contribution in [0.4, 0.5) is 5.69 Å². The third-order valence-electron chi connectivity index (χ3n) is 3.39. The highest BCUT2D eigenvalue weighted by molar-refractivity contribution is 6.11. The summed E-state index contributed by atoms with van der Waals surface area (Å²) in [6.45, 7) is 1.45. The third-order valence-corrected chi connectivity index (χ3v) is 3.39. The Balaban J connectivity index is 1.74. The van der Waals surface area contributed by atoms with Crippen molar-refractivity contribution < 1.29 is 14.3 Å². The van der Waals surface area contributed by atoms with E-state index >= 15 is 0 Å². The molecule has 0 radical (unpaired) electrons. The van der Waals surface area contributed by atoms with Gasteiger partial charge in [-0.25, -0.2) is 9.79 Å². The van der Waals surface area contributed by atoms with Crippen molar-refractivity contribution in [2.24, 2.45) is 4.99 Å². The Kier molecular flexibility index (Phi) is 4.85. The van der Waals surface area contributed by atoms with E-state index in [1.165, 1.54) is 6.92 Å². The van der Waals surface area contributed by atoms with Crippen LogP contribution in [0, 0.1) is 0 Å². The second-order valence-corrected chi connectivity index (χ2v) is 5.42. The lowest BCUT2D eigenvalue weighted by molar-refractivity contribution is -0.129. The summed E-state index contributed by atoms with van der Waals surface area (Å²) >= 11 is 0. The SMILES string of the molecule is CC(=O)Nc1ccc(/C=C2N=C(/C=C/c3ccccc3)OC/2=O)cc1. The second-order valence-electron chi connectivity index (χ2n) is 5.42. The molecule has 0 spiro atoms. The van der Waals surface area contributed by atoms with Gasteiger partial charge >= 0.3 is 5.97 Å². The fourth-order valence-corrected chi connectivity index (χ4v) is 2.25. The fourth-order valence-electron chi connectivity index (χ4n) is 2.25. The Morgan fingerprint density at radius 3 is 2.40 bits per heavy atom. The topological polar surface area (TPSA) is 67.8 Å². The smallest absolute Gasteiger partial charge is 0.363 e. The van der Waals surface area contributed by atoms with E-state index in [2.05, 4.69) is 10.3 Å². The minimum atomic E-state index is -0.487. The minimum Gasteiger partial charge on any atom is -0.403 e. The molecule has 0 aliphatic carbocycles. The Morgan fingerprint density at radius 1 is 1.00 bits per heavy atom. The van der Waals surface area contributed by atoms with Crippen LogP contribution in [0.1, 0.15) is 18.1 Å². The molecule has 1 aliphatic rings. The van der Waals surface area contributed by atoms with E-state index in [4.69, 9.17) is 4.74 Å². The van der Waals surface area contributed by atoms with Crippen molar-refractivity contribution in [1.82, 2.24) is 0 Å².